The second-order valence-electron chi connectivity index (χ2n) is 4.68. The zero-order valence-electron chi connectivity index (χ0n) is 10.3. The van der Waals surface area contributed by atoms with Crippen LogP contribution in [0.2, 0.25) is 0 Å². The molecule has 0 fully saturated rings. The van der Waals surface area contributed by atoms with Crippen molar-refractivity contribution in [2.45, 2.75) is 38.8 Å². The van der Waals surface area contributed by atoms with E-state index in [1.54, 1.807) is 0 Å². The van der Waals surface area contributed by atoms with Crippen LogP contribution in [0.15, 0.2) is 18.2 Å². The topological polar surface area (TPSA) is 26.0 Å². The zero-order valence-corrected chi connectivity index (χ0v) is 10.3. The van der Waals surface area contributed by atoms with E-state index >= 15 is 0 Å². The van der Waals surface area contributed by atoms with Gasteiger partial charge in [0.2, 0.25) is 0 Å². The Morgan fingerprint density at radius 1 is 1.06 bits per heavy atom. The molecule has 0 amide bonds. The number of halogens is 3. The van der Waals surface area contributed by atoms with E-state index in [2.05, 4.69) is 0 Å². The van der Waals surface area contributed by atoms with E-state index in [9.17, 15) is 13.2 Å². The van der Waals surface area contributed by atoms with Crippen LogP contribution in [0.4, 0.5) is 13.2 Å². The Morgan fingerprint density at radius 3 is 2.00 bits per heavy atom. The Bertz CT molecular complexity index is 383. The van der Waals surface area contributed by atoms with Gasteiger partial charge in [-0.3, -0.25) is 0 Å². The van der Waals surface area contributed by atoms with Crippen LogP contribution in [0.3, 0.4) is 0 Å². The summed E-state index contributed by atoms with van der Waals surface area (Å²) in [4.78, 5) is 0. The highest BCUT2D eigenvalue weighted by molar-refractivity contribution is 5.35. The first-order valence-corrected chi connectivity index (χ1v) is 5.67. The molecule has 1 unspecified atom stereocenters. The molecular weight excluding hydrogens is 227 g/mol. The predicted octanol–water partition coefficient (Wildman–Crippen LogP) is 3.89. The number of nitrogens with two attached hydrogens (primary N) is 1. The highest BCUT2D eigenvalue weighted by atomic mass is 19.4. The normalized spacial score (nSPS) is 14.1. The SMILES string of the molecule is CC(C)c1cc(C(C)CN)cc(C(F)(F)F)c1. The highest BCUT2D eigenvalue weighted by Crippen LogP contribution is 2.33. The molecule has 0 spiro atoms. The second kappa shape index (κ2) is 5.08. The highest BCUT2D eigenvalue weighted by Gasteiger charge is 2.31. The number of hydrogen-bond donors (Lipinski definition) is 1. The van der Waals surface area contributed by atoms with Gasteiger partial charge in [-0.05, 0) is 41.6 Å². The maximum atomic E-state index is 12.7. The van der Waals surface area contributed by atoms with Crippen molar-refractivity contribution in [3.05, 3.63) is 34.9 Å². The lowest BCUT2D eigenvalue weighted by atomic mass is 9.92. The largest absolute Gasteiger partial charge is 0.416 e. The Hall–Kier alpha value is -1.03. The van der Waals surface area contributed by atoms with Gasteiger partial charge in [0.05, 0.1) is 5.56 Å². The average Bonchev–Trinajstić information content (AvgIpc) is 2.26. The zero-order chi connectivity index (χ0) is 13.2. The summed E-state index contributed by atoms with van der Waals surface area (Å²) in [6.07, 6.45) is -4.30. The Labute approximate surface area is 99.8 Å². The molecule has 0 aliphatic heterocycles. The minimum Gasteiger partial charge on any atom is -0.330 e. The van der Waals surface area contributed by atoms with Crippen LogP contribution < -0.4 is 5.73 Å². The van der Waals surface area contributed by atoms with Gasteiger partial charge in [0.1, 0.15) is 0 Å². The number of benzene rings is 1. The first-order chi connectivity index (χ1) is 7.75. The molecule has 0 heterocycles. The first-order valence-electron chi connectivity index (χ1n) is 5.67. The number of rotatable bonds is 3. The lowest BCUT2D eigenvalue weighted by Crippen LogP contribution is -2.12. The van der Waals surface area contributed by atoms with Crippen LogP contribution in [0.1, 0.15) is 49.3 Å². The molecular formula is C13H18F3N. The van der Waals surface area contributed by atoms with Gasteiger partial charge in [0, 0.05) is 0 Å². The van der Waals surface area contributed by atoms with Crippen LogP contribution in [-0.2, 0) is 6.18 Å². The summed E-state index contributed by atoms with van der Waals surface area (Å²) in [5.74, 6) is 0.0100. The summed E-state index contributed by atoms with van der Waals surface area (Å²) < 4.78 is 38.2. The fourth-order valence-electron chi connectivity index (χ4n) is 1.59. The predicted molar refractivity (Wildman–Crippen MR) is 63.0 cm³/mol. The Kier molecular flexibility index (Phi) is 4.20. The maximum Gasteiger partial charge on any atom is 0.416 e. The van der Waals surface area contributed by atoms with Gasteiger partial charge in [-0.25, -0.2) is 0 Å². The van der Waals surface area contributed by atoms with E-state index < -0.39 is 11.7 Å². The maximum absolute atomic E-state index is 12.7. The molecule has 0 radical (unpaired) electrons. The van der Waals surface area contributed by atoms with Crippen molar-refractivity contribution in [2.24, 2.45) is 5.73 Å². The summed E-state index contributed by atoms with van der Waals surface area (Å²) in [5.41, 5.74) is 6.29. The molecule has 0 saturated heterocycles. The third-order valence-corrected chi connectivity index (χ3v) is 2.89. The molecule has 0 aromatic heterocycles. The van der Waals surface area contributed by atoms with E-state index in [1.165, 1.54) is 12.1 Å². The molecule has 1 aromatic rings. The standard InChI is InChI=1S/C13H18F3N/c1-8(2)10-4-11(9(3)7-17)6-12(5-10)13(14,15)16/h4-6,8-9H,7,17H2,1-3H3. The lowest BCUT2D eigenvalue weighted by molar-refractivity contribution is -0.137. The van der Waals surface area contributed by atoms with Gasteiger partial charge in [-0.2, -0.15) is 13.2 Å². The summed E-state index contributed by atoms with van der Waals surface area (Å²) in [6, 6.07) is 4.23. The quantitative estimate of drug-likeness (QED) is 0.859. The van der Waals surface area contributed by atoms with Crippen LogP contribution in [-0.4, -0.2) is 6.54 Å². The van der Waals surface area contributed by atoms with Crippen LogP contribution >= 0.6 is 0 Å². The van der Waals surface area contributed by atoms with E-state index in [0.717, 1.165) is 0 Å². The van der Waals surface area contributed by atoms with Gasteiger partial charge in [-0.1, -0.05) is 26.8 Å². The summed E-state index contributed by atoms with van der Waals surface area (Å²) in [7, 11) is 0. The van der Waals surface area contributed by atoms with E-state index in [1.807, 2.05) is 26.8 Å². The van der Waals surface area contributed by atoms with E-state index in [0.29, 0.717) is 17.7 Å². The van der Waals surface area contributed by atoms with Crippen molar-refractivity contribution in [3.63, 3.8) is 0 Å². The minimum absolute atomic E-state index is 0.0604. The van der Waals surface area contributed by atoms with Crippen molar-refractivity contribution in [2.75, 3.05) is 6.54 Å². The fourth-order valence-corrected chi connectivity index (χ4v) is 1.59. The fraction of sp³-hybridized carbons (Fsp3) is 0.538. The van der Waals surface area contributed by atoms with E-state index in [4.69, 9.17) is 5.73 Å². The second-order valence-corrected chi connectivity index (χ2v) is 4.68. The molecule has 0 aliphatic rings. The molecule has 1 aromatic carbocycles. The van der Waals surface area contributed by atoms with Gasteiger partial charge >= 0.3 is 6.18 Å². The molecule has 1 nitrogen and oxygen atoms in total. The van der Waals surface area contributed by atoms with Crippen molar-refractivity contribution >= 4 is 0 Å². The van der Waals surface area contributed by atoms with Crippen molar-refractivity contribution < 1.29 is 13.2 Å². The summed E-state index contributed by atoms with van der Waals surface area (Å²) >= 11 is 0. The van der Waals surface area contributed by atoms with Crippen LogP contribution in [0.5, 0.6) is 0 Å². The molecule has 1 atom stereocenters. The van der Waals surface area contributed by atoms with E-state index in [-0.39, 0.29) is 11.8 Å². The van der Waals surface area contributed by atoms with Crippen molar-refractivity contribution in [1.29, 1.82) is 0 Å². The third kappa shape index (κ3) is 3.46. The summed E-state index contributed by atoms with van der Waals surface area (Å²) in [6.45, 7) is 5.94. The molecule has 4 heteroatoms. The van der Waals surface area contributed by atoms with Crippen LogP contribution in [0, 0.1) is 0 Å². The van der Waals surface area contributed by atoms with Crippen molar-refractivity contribution in [1.82, 2.24) is 0 Å². The summed E-state index contributed by atoms with van der Waals surface area (Å²) in [5, 5.41) is 0. The third-order valence-electron chi connectivity index (χ3n) is 2.89. The molecule has 1 rings (SSSR count). The molecule has 2 N–H and O–H groups in total. The monoisotopic (exact) mass is 245 g/mol. The molecule has 0 bridgehead atoms. The molecule has 96 valence electrons. The lowest BCUT2D eigenvalue weighted by Gasteiger charge is -2.17. The number of hydrogen-bond acceptors (Lipinski definition) is 1. The van der Waals surface area contributed by atoms with Crippen molar-refractivity contribution in [3.8, 4) is 0 Å². The minimum atomic E-state index is -4.30. The van der Waals surface area contributed by atoms with Gasteiger partial charge in [0.15, 0.2) is 0 Å². The Morgan fingerprint density at radius 2 is 1.59 bits per heavy atom. The Balaban J connectivity index is 3.29. The molecule has 0 aliphatic carbocycles. The van der Waals surface area contributed by atoms with Gasteiger partial charge < -0.3 is 5.73 Å². The van der Waals surface area contributed by atoms with Gasteiger partial charge in [0.25, 0.3) is 0 Å². The number of alkyl halides is 3. The molecule has 0 saturated carbocycles. The van der Waals surface area contributed by atoms with Crippen LogP contribution in [0.25, 0.3) is 0 Å². The van der Waals surface area contributed by atoms with Gasteiger partial charge in [-0.15, -0.1) is 0 Å². The molecule has 17 heavy (non-hydrogen) atoms. The average molecular weight is 245 g/mol. The first kappa shape index (κ1) is 14.0. The smallest absolute Gasteiger partial charge is 0.330 e.